The second-order valence-electron chi connectivity index (χ2n) is 5.12. The van der Waals surface area contributed by atoms with E-state index in [1.165, 1.54) is 34.8 Å². The van der Waals surface area contributed by atoms with Gasteiger partial charge in [-0.3, -0.25) is 9.78 Å². The fourth-order valence-corrected chi connectivity index (χ4v) is 3.50. The molecule has 0 unspecified atom stereocenters. The average molecular weight is 357 g/mol. The summed E-state index contributed by atoms with van der Waals surface area (Å²) in [5.74, 6) is -0.316. The van der Waals surface area contributed by atoms with Crippen LogP contribution in [0.4, 0.5) is 5.69 Å². The number of aromatic nitrogens is 1. The molecule has 0 aliphatic carbocycles. The molecule has 1 N–H and O–H groups in total. The number of carbonyl (C=O) groups is 1. The van der Waals surface area contributed by atoms with Crippen LogP contribution in [0.3, 0.4) is 0 Å². The lowest BCUT2D eigenvalue weighted by atomic mass is 10.2. The molecule has 25 heavy (non-hydrogen) atoms. The highest BCUT2D eigenvalue weighted by molar-refractivity contribution is 7.89. The number of carbonyl (C=O) groups excluding carboxylic acids is 1. The van der Waals surface area contributed by atoms with Gasteiger partial charge in [0, 0.05) is 31.2 Å². The van der Waals surface area contributed by atoms with E-state index in [4.69, 9.17) is 0 Å². The quantitative estimate of drug-likeness (QED) is 0.737. The molecule has 1 aromatic carbocycles. The smallest absolute Gasteiger partial charge is 0.257 e. The van der Waals surface area contributed by atoms with Crippen LogP contribution in [0.2, 0.25) is 0 Å². The maximum atomic E-state index is 12.6. The van der Waals surface area contributed by atoms with Gasteiger partial charge in [-0.1, -0.05) is 12.2 Å². The predicted molar refractivity (Wildman–Crippen MR) is 97.8 cm³/mol. The van der Waals surface area contributed by atoms with Crippen LogP contribution < -0.4 is 5.32 Å². The highest BCUT2D eigenvalue weighted by Crippen LogP contribution is 2.19. The third-order valence-corrected chi connectivity index (χ3v) is 5.19. The molecule has 1 aromatic heterocycles. The minimum Gasteiger partial charge on any atom is -0.322 e. The van der Waals surface area contributed by atoms with Gasteiger partial charge >= 0.3 is 0 Å². The van der Waals surface area contributed by atoms with E-state index in [2.05, 4.69) is 23.5 Å². The number of pyridine rings is 1. The van der Waals surface area contributed by atoms with E-state index in [0.717, 1.165) is 0 Å². The van der Waals surface area contributed by atoms with Crippen molar-refractivity contribution >= 4 is 21.6 Å². The molecule has 7 heteroatoms. The van der Waals surface area contributed by atoms with Gasteiger partial charge in [-0.05, 0) is 36.4 Å². The van der Waals surface area contributed by atoms with Crippen LogP contribution >= 0.6 is 0 Å². The average Bonchev–Trinajstić information content (AvgIpc) is 2.62. The fourth-order valence-electron chi connectivity index (χ4n) is 2.12. The van der Waals surface area contributed by atoms with Crippen molar-refractivity contribution < 1.29 is 13.2 Å². The predicted octanol–water partition coefficient (Wildman–Crippen LogP) is 2.70. The SMILES string of the molecule is C=CCN(CC=C)S(=O)(=O)c1ccc(NC(=O)c2cccnc2)cc1. The first-order chi connectivity index (χ1) is 12.0. The molecular formula is C18H19N3O3S. The van der Waals surface area contributed by atoms with Crippen molar-refractivity contribution in [3.8, 4) is 0 Å². The van der Waals surface area contributed by atoms with E-state index in [9.17, 15) is 13.2 Å². The first-order valence-corrected chi connectivity index (χ1v) is 8.96. The van der Waals surface area contributed by atoms with E-state index in [-0.39, 0.29) is 23.9 Å². The Morgan fingerprint density at radius 1 is 1.12 bits per heavy atom. The summed E-state index contributed by atoms with van der Waals surface area (Å²) in [6, 6.07) is 9.30. The van der Waals surface area contributed by atoms with Crippen LogP contribution in [-0.4, -0.2) is 36.7 Å². The van der Waals surface area contributed by atoms with Gasteiger partial charge < -0.3 is 5.32 Å². The molecule has 0 saturated heterocycles. The lowest BCUT2D eigenvalue weighted by Gasteiger charge is -2.19. The summed E-state index contributed by atoms with van der Waals surface area (Å²) in [5, 5.41) is 2.70. The van der Waals surface area contributed by atoms with Gasteiger partial charge in [0.15, 0.2) is 0 Å². The standard InChI is InChI=1S/C18H19N3O3S/c1-3-12-21(13-4-2)25(23,24)17-9-7-16(8-10-17)20-18(22)15-6-5-11-19-14-15/h3-11,14H,1-2,12-13H2,(H,20,22). The van der Waals surface area contributed by atoms with Gasteiger partial charge in [0.2, 0.25) is 10.0 Å². The summed E-state index contributed by atoms with van der Waals surface area (Å²) >= 11 is 0. The lowest BCUT2D eigenvalue weighted by Crippen LogP contribution is -2.31. The van der Waals surface area contributed by atoms with E-state index >= 15 is 0 Å². The van der Waals surface area contributed by atoms with E-state index in [1.807, 2.05) is 0 Å². The first-order valence-electron chi connectivity index (χ1n) is 7.52. The van der Waals surface area contributed by atoms with E-state index < -0.39 is 10.0 Å². The molecule has 0 fully saturated rings. The molecule has 0 aliphatic heterocycles. The van der Waals surface area contributed by atoms with Crippen LogP contribution in [0.15, 0.2) is 79.0 Å². The van der Waals surface area contributed by atoms with E-state index in [0.29, 0.717) is 11.3 Å². The minimum absolute atomic E-state index is 0.135. The normalized spacial score (nSPS) is 11.1. The highest BCUT2D eigenvalue weighted by atomic mass is 32.2. The number of amides is 1. The van der Waals surface area contributed by atoms with Gasteiger partial charge in [0.1, 0.15) is 0 Å². The molecule has 0 radical (unpaired) electrons. The number of hydrogen-bond acceptors (Lipinski definition) is 4. The Balaban J connectivity index is 2.17. The molecule has 0 spiro atoms. The minimum atomic E-state index is -3.65. The zero-order chi connectivity index (χ0) is 18.3. The van der Waals surface area contributed by atoms with Crippen molar-refractivity contribution in [1.82, 2.24) is 9.29 Å². The van der Waals surface area contributed by atoms with Gasteiger partial charge in [-0.25, -0.2) is 8.42 Å². The van der Waals surface area contributed by atoms with Crippen LogP contribution in [-0.2, 0) is 10.0 Å². The molecule has 2 rings (SSSR count). The van der Waals surface area contributed by atoms with Crippen molar-refractivity contribution in [2.45, 2.75) is 4.90 Å². The molecule has 0 bridgehead atoms. The number of benzene rings is 1. The molecular weight excluding hydrogens is 338 g/mol. The number of nitrogens with one attached hydrogen (secondary N) is 1. The molecule has 0 atom stereocenters. The van der Waals surface area contributed by atoms with Crippen LogP contribution in [0, 0.1) is 0 Å². The molecule has 130 valence electrons. The number of anilines is 1. The second-order valence-corrected chi connectivity index (χ2v) is 7.06. The summed E-state index contributed by atoms with van der Waals surface area (Å²) in [6.45, 7) is 7.52. The monoisotopic (exact) mass is 357 g/mol. The van der Waals surface area contributed by atoms with Crippen molar-refractivity contribution in [1.29, 1.82) is 0 Å². The lowest BCUT2D eigenvalue weighted by molar-refractivity contribution is 0.102. The Bertz CT molecular complexity index is 837. The maximum absolute atomic E-state index is 12.6. The number of nitrogens with zero attached hydrogens (tertiary/aromatic N) is 2. The molecule has 2 aromatic rings. The summed E-state index contributed by atoms with van der Waals surface area (Å²) < 4.78 is 26.5. The zero-order valence-corrected chi connectivity index (χ0v) is 14.4. The topological polar surface area (TPSA) is 79.4 Å². The Hall–Kier alpha value is -2.77. The molecule has 6 nitrogen and oxygen atoms in total. The first kappa shape index (κ1) is 18.6. The van der Waals surface area contributed by atoms with Crippen LogP contribution in [0.25, 0.3) is 0 Å². The van der Waals surface area contributed by atoms with Crippen molar-refractivity contribution in [2.24, 2.45) is 0 Å². The zero-order valence-electron chi connectivity index (χ0n) is 13.6. The molecule has 1 heterocycles. The Labute approximate surface area is 147 Å². The van der Waals surface area contributed by atoms with Crippen molar-refractivity contribution in [2.75, 3.05) is 18.4 Å². The molecule has 0 aliphatic rings. The van der Waals surface area contributed by atoms with Crippen molar-refractivity contribution in [3.05, 3.63) is 79.7 Å². The Kier molecular flexibility index (Phi) is 6.21. The summed E-state index contributed by atoms with van der Waals surface area (Å²) in [6.07, 6.45) is 6.07. The second kappa shape index (κ2) is 8.36. The van der Waals surface area contributed by atoms with E-state index in [1.54, 1.807) is 30.5 Å². The Morgan fingerprint density at radius 2 is 1.76 bits per heavy atom. The van der Waals surface area contributed by atoms with Crippen molar-refractivity contribution in [3.63, 3.8) is 0 Å². The fraction of sp³-hybridized carbons (Fsp3) is 0.111. The number of sulfonamides is 1. The summed E-state index contributed by atoms with van der Waals surface area (Å²) in [4.78, 5) is 16.1. The van der Waals surface area contributed by atoms with Gasteiger partial charge in [0.25, 0.3) is 5.91 Å². The maximum Gasteiger partial charge on any atom is 0.257 e. The number of hydrogen-bond donors (Lipinski definition) is 1. The third-order valence-electron chi connectivity index (χ3n) is 3.34. The Morgan fingerprint density at radius 3 is 2.28 bits per heavy atom. The largest absolute Gasteiger partial charge is 0.322 e. The molecule has 1 amide bonds. The number of rotatable bonds is 8. The van der Waals surface area contributed by atoms with Gasteiger partial charge in [0.05, 0.1) is 10.5 Å². The highest BCUT2D eigenvalue weighted by Gasteiger charge is 2.22. The van der Waals surface area contributed by atoms with Crippen LogP contribution in [0.5, 0.6) is 0 Å². The summed E-state index contributed by atoms with van der Waals surface area (Å²) in [7, 11) is -3.65. The molecule has 0 saturated carbocycles. The van der Waals surface area contributed by atoms with Gasteiger partial charge in [-0.15, -0.1) is 13.2 Å². The van der Waals surface area contributed by atoms with Crippen LogP contribution in [0.1, 0.15) is 10.4 Å². The van der Waals surface area contributed by atoms with Gasteiger partial charge in [-0.2, -0.15) is 4.31 Å². The summed E-state index contributed by atoms with van der Waals surface area (Å²) in [5.41, 5.74) is 0.911. The third kappa shape index (κ3) is 4.62.